The van der Waals surface area contributed by atoms with Gasteiger partial charge in [-0.1, -0.05) is 23.2 Å². The number of hydrogen-bond donors (Lipinski definition) is 2. The van der Waals surface area contributed by atoms with Crippen LogP contribution in [0, 0.1) is 0 Å². The summed E-state index contributed by atoms with van der Waals surface area (Å²) in [6.07, 6.45) is -0.914. The molecule has 2 N–H and O–H groups in total. The second-order valence-electron chi connectivity index (χ2n) is 3.77. The fraction of sp³-hybridized carbons (Fsp3) is 0.333. The van der Waals surface area contributed by atoms with Crippen molar-refractivity contribution in [2.45, 2.75) is 19.4 Å². The maximum atomic E-state index is 11.6. The number of rotatable bonds is 6. The Bertz CT molecular complexity index is 479. The first-order valence-corrected chi connectivity index (χ1v) is 6.25. The number of carboxylic acids is 1. The van der Waals surface area contributed by atoms with Crippen LogP contribution < -0.4 is 5.32 Å². The van der Waals surface area contributed by atoms with Gasteiger partial charge in [-0.15, -0.1) is 0 Å². The number of benzene rings is 1. The van der Waals surface area contributed by atoms with E-state index in [-0.39, 0.29) is 18.9 Å². The van der Waals surface area contributed by atoms with Crippen molar-refractivity contribution < 1.29 is 19.4 Å². The molecule has 104 valence electrons. The smallest absolute Gasteiger partial charge is 0.332 e. The van der Waals surface area contributed by atoms with Crippen molar-refractivity contribution in [3.8, 4) is 0 Å². The van der Waals surface area contributed by atoms with Crippen molar-refractivity contribution in [3.63, 3.8) is 0 Å². The molecule has 0 aliphatic carbocycles. The lowest BCUT2D eigenvalue weighted by Crippen LogP contribution is -2.22. The van der Waals surface area contributed by atoms with Crippen molar-refractivity contribution in [2.24, 2.45) is 0 Å². The minimum atomic E-state index is -1.07. The highest BCUT2D eigenvalue weighted by Gasteiger charge is 2.12. The molecule has 0 aliphatic heterocycles. The molecule has 5 nitrogen and oxygen atoms in total. The molecule has 0 aliphatic rings. The number of anilines is 1. The third-order valence-electron chi connectivity index (χ3n) is 2.25. The van der Waals surface area contributed by atoms with Crippen LogP contribution >= 0.6 is 23.2 Å². The first-order valence-electron chi connectivity index (χ1n) is 5.49. The van der Waals surface area contributed by atoms with Crippen LogP contribution in [0.4, 0.5) is 5.69 Å². The number of aliphatic carboxylic acids is 1. The Morgan fingerprint density at radius 3 is 2.74 bits per heavy atom. The van der Waals surface area contributed by atoms with Gasteiger partial charge >= 0.3 is 5.97 Å². The Labute approximate surface area is 120 Å². The maximum absolute atomic E-state index is 11.6. The van der Waals surface area contributed by atoms with Gasteiger partial charge in [0.2, 0.25) is 5.91 Å². The minimum Gasteiger partial charge on any atom is -0.479 e. The van der Waals surface area contributed by atoms with Crippen molar-refractivity contribution in [2.75, 3.05) is 11.9 Å². The lowest BCUT2D eigenvalue weighted by atomic mass is 10.3. The molecule has 7 heteroatoms. The van der Waals surface area contributed by atoms with Gasteiger partial charge in [-0.05, 0) is 25.1 Å². The van der Waals surface area contributed by atoms with E-state index in [2.05, 4.69) is 5.32 Å². The Morgan fingerprint density at radius 2 is 2.11 bits per heavy atom. The summed E-state index contributed by atoms with van der Waals surface area (Å²) < 4.78 is 4.95. The molecule has 0 unspecified atom stereocenters. The molecular weight excluding hydrogens is 293 g/mol. The number of halogens is 2. The molecule has 0 radical (unpaired) electrons. The van der Waals surface area contributed by atoms with Crippen LogP contribution in [0.25, 0.3) is 0 Å². The van der Waals surface area contributed by atoms with Crippen LogP contribution in [0.5, 0.6) is 0 Å². The normalized spacial score (nSPS) is 11.9. The second kappa shape index (κ2) is 7.33. The van der Waals surface area contributed by atoms with Crippen LogP contribution in [0.2, 0.25) is 10.0 Å². The lowest BCUT2D eigenvalue weighted by molar-refractivity contribution is -0.149. The molecule has 19 heavy (non-hydrogen) atoms. The second-order valence-corrected chi connectivity index (χ2v) is 4.62. The fourth-order valence-corrected chi connectivity index (χ4v) is 1.54. The van der Waals surface area contributed by atoms with E-state index in [1.807, 2.05) is 0 Å². The molecule has 0 saturated heterocycles. The number of amides is 1. The van der Waals surface area contributed by atoms with Gasteiger partial charge < -0.3 is 15.2 Å². The molecule has 0 heterocycles. The van der Waals surface area contributed by atoms with E-state index >= 15 is 0 Å². The van der Waals surface area contributed by atoms with E-state index < -0.39 is 12.1 Å². The molecular formula is C12H13Cl2NO4. The number of nitrogens with one attached hydrogen (secondary N) is 1. The van der Waals surface area contributed by atoms with Gasteiger partial charge in [-0.3, -0.25) is 4.79 Å². The zero-order valence-corrected chi connectivity index (χ0v) is 11.7. The minimum absolute atomic E-state index is 0.0114. The quantitative estimate of drug-likeness (QED) is 0.847. The molecule has 0 saturated carbocycles. The molecule has 1 atom stereocenters. The molecule has 0 aromatic heterocycles. The van der Waals surface area contributed by atoms with E-state index in [0.29, 0.717) is 15.7 Å². The van der Waals surface area contributed by atoms with Crippen molar-refractivity contribution in [1.82, 2.24) is 0 Å². The Hall–Kier alpha value is -1.30. The summed E-state index contributed by atoms with van der Waals surface area (Å²) in [7, 11) is 0. The van der Waals surface area contributed by atoms with E-state index in [4.69, 9.17) is 33.0 Å². The predicted octanol–water partition coefficient (Wildman–Crippen LogP) is 2.81. The van der Waals surface area contributed by atoms with Gasteiger partial charge in [0.1, 0.15) is 0 Å². The van der Waals surface area contributed by atoms with Gasteiger partial charge in [0.15, 0.2) is 6.10 Å². The standard InChI is InChI=1S/C12H13Cl2NO4/c1-7(12(17)18)19-5-4-11(16)15-10-6-8(13)2-3-9(10)14/h2-3,6-7H,4-5H2,1H3,(H,15,16)(H,17,18)/t7-/m1/s1. The van der Waals surface area contributed by atoms with E-state index in [0.717, 1.165) is 0 Å². The van der Waals surface area contributed by atoms with Crippen LogP contribution in [0.15, 0.2) is 18.2 Å². The van der Waals surface area contributed by atoms with Crippen LogP contribution in [-0.2, 0) is 14.3 Å². The molecule has 1 aromatic carbocycles. The van der Waals surface area contributed by atoms with Gasteiger partial charge in [0.25, 0.3) is 0 Å². The SMILES string of the molecule is C[C@@H](OCCC(=O)Nc1cc(Cl)ccc1Cl)C(=O)O. The molecule has 0 bridgehead atoms. The monoisotopic (exact) mass is 305 g/mol. The summed E-state index contributed by atoms with van der Waals surface area (Å²) in [5, 5.41) is 12.0. The predicted molar refractivity (Wildman–Crippen MR) is 72.8 cm³/mol. The summed E-state index contributed by atoms with van der Waals surface area (Å²) in [5.41, 5.74) is 0.408. The lowest BCUT2D eigenvalue weighted by Gasteiger charge is -2.09. The maximum Gasteiger partial charge on any atom is 0.332 e. The fourth-order valence-electron chi connectivity index (χ4n) is 1.21. The van der Waals surface area contributed by atoms with Gasteiger partial charge in [-0.2, -0.15) is 0 Å². The number of hydrogen-bond acceptors (Lipinski definition) is 3. The van der Waals surface area contributed by atoms with E-state index in [1.165, 1.54) is 13.0 Å². The Morgan fingerprint density at radius 1 is 1.42 bits per heavy atom. The van der Waals surface area contributed by atoms with E-state index in [1.54, 1.807) is 12.1 Å². The molecule has 1 aromatic rings. The number of carboxylic acid groups (broad SMARTS) is 1. The topological polar surface area (TPSA) is 75.6 Å². The van der Waals surface area contributed by atoms with E-state index in [9.17, 15) is 9.59 Å². The van der Waals surface area contributed by atoms with Crippen molar-refractivity contribution >= 4 is 40.8 Å². The Kier molecular flexibility index (Phi) is 6.08. The number of carbonyl (C=O) groups is 2. The highest BCUT2D eigenvalue weighted by molar-refractivity contribution is 6.35. The third kappa shape index (κ3) is 5.46. The summed E-state index contributed by atoms with van der Waals surface area (Å²) in [6.45, 7) is 1.41. The zero-order chi connectivity index (χ0) is 14.4. The summed E-state index contributed by atoms with van der Waals surface area (Å²) >= 11 is 11.7. The van der Waals surface area contributed by atoms with Crippen LogP contribution in [0.3, 0.4) is 0 Å². The van der Waals surface area contributed by atoms with Crippen molar-refractivity contribution in [3.05, 3.63) is 28.2 Å². The first-order chi connectivity index (χ1) is 8.90. The van der Waals surface area contributed by atoms with Gasteiger partial charge in [-0.25, -0.2) is 4.79 Å². The van der Waals surface area contributed by atoms with Crippen LogP contribution in [-0.4, -0.2) is 29.7 Å². The number of carbonyl (C=O) groups excluding carboxylic acids is 1. The van der Waals surface area contributed by atoms with Gasteiger partial charge in [0, 0.05) is 5.02 Å². The zero-order valence-electron chi connectivity index (χ0n) is 10.2. The van der Waals surface area contributed by atoms with Crippen molar-refractivity contribution in [1.29, 1.82) is 0 Å². The van der Waals surface area contributed by atoms with Gasteiger partial charge in [0.05, 0.1) is 23.7 Å². The average Bonchev–Trinajstić information content (AvgIpc) is 2.33. The average molecular weight is 306 g/mol. The Balaban J connectivity index is 2.43. The highest BCUT2D eigenvalue weighted by Crippen LogP contribution is 2.25. The summed E-state index contributed by atoms with van der Waals surface area (Å²) in [5.74, 6) is -1.40. The largest absolute Gasteiger partial charge is 0.479 e. The molecule has 0 spiro atoms. The molecule has 0 fully saturated rings. The number of ether oxygens (including phenoxy) is 1. The highest BCUT2D eigenvalue weighted by atomic mass is 35.5. The molecule has 1 amide bonds. The molecule has 1 rings (SSSR count). The summed E-state index contributed by atoms with van der Waals surface area (Å²) in [4.78, 5) is 22.1. The first kappa shape index (κ1) is 15.8. The summed E-state index contributed by atoms with van der Waals surface area (Å²) in [6, 6.07) is 4.71. The third-order valence-corrected chi connectivity index (χ3v) is 2.81. The van der Waals surface area contributed by atoms with Crippen LogP contribution in [0.1, 0.15) is 13.3 Å².